The second-order valence-electron chi connectivity index (χ2n) is 5.43. The summed E-state index contributed by atoms with van der Waals surface area (Å²) in [6.07, 6.45) is 9.67. The maximum Gasteiger partial charge on any atom is 0.242 e. The van der Waals surface area contributed by atoms with Gasteiger partial charge in [-0.15, -0.1) is 0 Å². The molecule has 1 amide bonds. The van der Waals surface area contributed by atoms with Gasteiger partial charge in [-0.05, 0) is 30.9 Å². The van der Waals surface area contributed by atoms with Gasteiger partial charge in [-0.3, -0.25) is 4.79 Å². The average Bonchev–Trinajstić information content (AvgIpc) is 2.71. The first kappa shape index (κ1) is 14.1. The Bertz CT molecular complexity index is 405. The standard InChI is InChI=1S/C15H25N3O/c1-2-14(16)13-7-10-17(11-13)12-15(19)18-8-5-3-4-6-9-18/h7,10-11,14H,2-6,8-9,12,16H2,1H3. The maximum absolute atomic E-state index is 12.2. The molecule has 1 saturated heterocycles. The molecule has 4 heteroatoms. The van der Waals surface area contributed by atoms with E-state index < -0.39 is 0 Å². The van der Waals surface area contributed by atoms with Gasteiger partial charge >= 0.3 is 0 Å². The molecule has 0 radical (unpaired) electrons. The van der Waals surface area contributed by atoms with Crippen LogP contribution in [0.1, 0.15) is 50.6 Å². The monoisotopic (exact) mass is 263 g/mol. The number of hydrogen-bond acceptors (Lipinski definition) is 2. The van der Waals surface area contributed by atoms with Crippen LogP contribution in [0.15, 0.2) is 18.5 Å². The molecular weight excluding hydrogens is 238 g/mol. The Labute approximate surface area is 115 Å². The van der Waals surface area contributed by atoms with Gasteiger partial charge in [0.2, 0.25) is 5.91 Å². The minimum Gasteiger partial charge on any atom is -0.345 e. The summed E-state index contributed by atoms with van der Waals surface area (Å²) in [4.78, 5) is 14.2. The van der Waals surface area contributed by atoms with Gasteiger partial charge in [0.15, 0.2) is 0 Å². The number of rotatable bonds is 4. The highest BCUT2D eigenvalue weighted by Gasteiger charge is 2.16. The molecule has 106 valence electrons. The van der Waals surface area contributed by atoms with Crippen molar-refractivity contribution in [3.8, 4) is 0 Å². The fourth-order valence-corrected chi connectivity index (χ4v) is 2.59. The molecular formula is C15H25N3O. The van der Waals surface area contributed by atoms with Crippen molar-refractivity contribution in [3.05, 3.63) is 24.0 Å². The van der Waals surface area contributed by atoms with Crippen molar-refractivity contribution in [1.29, 1.82) is 0 Å². The molecule has 2 N–H and O–H groups in total. The van der Waals surface area contributed by atoms with Crippen molar-refractivity contribution in [1.82, 2.24) is 9.47 Å². The SMILES string of the molecule is CCC(N)c1ccn(CC(=O)N2CCCCCC2)c1. The summed E-state index contributed by atoms with van der Waals surface area (Å²) < 4.78 is 1.96. The molecule has 1 fully saturated rings. The Morgan fingerprint density at radius 3 is 2.63 bits per heavy atom. The third kappa shape index (κ3) is 3.83. The smallest absolute Gasteiger partial charge is 0.242 e. The first-order valence-corrected chi connectivity index (χ1v) is 7.39. The summed E-state index contributed by atoms with van der Waals surface area (Å²) >= 11 is 0. The lowest BCUT2D eigenvalue weighted by molar-refractivity contribution is -0.131. The zero-order valence-corrected chi connectivity index (χ0v) is 11.8. The van der Waals surface area contributed by atoms with E-state index in [4.69, 9.17) is 5.73 Å². The van der Waals surface area contributed by atoms with Crippen LogP contribution in [0.25, 0.3) is 0 Å². The maximum atomic E-state index is 12.2. The largest absolute Gasteiger partial charge is 0.345 e. The molecule has 1 aromatic rings. The van der Waals surface area contributed by atoms with Crippen LogP contribution in [0, 0.1) is 0 Å². The Morgan fingerprint density at radius 1 is 1.32 bits per heavy atom. The summed E-state index contributed by atoms with van der Waals surface area (Å²) in [7, 11) is 0. The third-order valence-electron chi connectivity index (χ3n) is 3.92. The Balaban J connectivity index is 1.92. The first-order valence-electron chi connectivity index (χ1n) is 7.39. The van der Waals surface area contributed by atoms with Crippen LogP contribution in [-0.4, -0.2) is 28.5 Å². The quantitative estimate of drug-likeness (QED) is 0.906. The van der Waals surface area contributed by atoms with E-state index in [1.54, 1.807) is 0 Å². The van der Waals surface area contributed by atoms with Gasteiger partial charge < -0.3 is 15.2 Å². The van der Waals surface area contributed by atoms with Gasteiger partial charge in [0, 0.05) is 31.5 Å². The zero-order valence-electron chi connectivity index (χ0n) is 11.8. The van der Waals surface area contributed by atoms with Crippen LogP contribution in [0.2, 0.25) is 0 Å². The summed E-state index contributed by atoms with van der Waals surface area (Å²) in [6, 6.07) is 2.10. The van der Waals surface area contributed by atoms with Gasteiger partial charge in [0.25, 0.3) is 0 Å². The molecule has 1 aliphatic rings. The minimum atomic E-state index is 0.0783. The van der Waals surface area contributed by atoms with E-state index >= 15 is 0 Å². The summed E-state index contributed by atoms with van der Waals surface area (Å²) in [5.41, 5.74) is 7.11. The average molecular weight is 263 g/mol. The van der Waals surface area contributed by atoms with Crippen LogP contribution in [0.4, 0.5) is 0 Å². The number of amides is 1. The van der Waals surface area contributed by atoms with E-state index in [0.717, 1.165) is 37.9 Å². The van der Waals surface area contributed by atoms with Crippen LogP contribution in [-0.2, 0) is 11.3 Å². The highest BCUT2D eigenvalue weighted by Crippen LogP contribution is 2.15. The lowest BCUT2D eigenvalue weighted by atomic mass is 10.1. The Kier molecular flexibility index (Phi) is 5.02. The fourth-order valence-electron chi connectivity index (χ4n) is 2.59. The zero-order chi connectivity index (χ0) is 13.7. The van der Waals surface area contributed by atoms with E-state index in [1.807, 2.05) is 27.9 Å². The van der Waals surface area contributed by atoms with Crippen LogP contribution < -0.4 is 5.73 Å². The number of nitrogens with zero attached hydrogens (tertiary/aromatic N) is 2. The van der Waals surface area contributed by atoms with Gasteiger partial charge in [-0.1, -0.05) is 19.8 Å². The highest BCUT2D eigenvalue weighted by molar-refractivity contribution is 5.76. The molecule has 1 atom stereocenters. The molecule has 0 aliphatic carbocycles. The summed E-state index contributed by atoms with van der Waals surface area (Å²) in [6.45, 7) is 4.35. The molecule has 0 bridgehead atoms. The first-order chi connectivity index (χ1) is 9.20. The highest BCUT2D eigenvalue weighted by atomic mass is 16.2. The van der Waals surface area contributed by atoms with E-state index in [0.29, 0.717) is 6.54 Å². The van der Waals surface area contributed by atoms with Crippen LogP contribution in [0.3, 0.4) is 0 Å². The number of nitrogens with two attached hydrogens (primary N) is 1. The molecule has 4 nitrogen and oxygen atoms in total. The second-order valence-corrected chi connectivity index (χ2v) is 5.43. The normalized spacial score (nSPS) is 18.1. The van der Waals surface area contributed by atoms with Crippen molar-refractivity contribution < 1.29 is 4.79 Å². The molecule has 1 unspecified atom stereocenters. The topological polar surface area (TPSA) is 51.3 Å². The van der Waals surface area contributed by atoms with E-state index in [-0.39, 0.29) is 11.9 Å². The minimum absolute atomic E-state index is 0.0783. The molecule has 0 aromatic carbocycles. The van der Waals surface area contributed by atoms with Crippen molar-refractivity contribution in [2.75, 3.05) is 13.1 Å². The van der Waals surface area contributed by atoms with E-state index in [2.05, 4.69) is 6.92 Å². The predicted molar refractivity (Wildman–Crippen MR) is 76.7 cm³/mol. The number of hydrogen-bond donors (Lipinski definition) is 1. The Morgan fingerprint density at radius 2 is 2.00 bits per heavy atom. The Hall–Kier alpha value is -1.29. The summed E-state index contributed by atoms with van der Waals surface area (Å²) in [5.74, 6) is 0.231. The lowest BCUT2D eigenvalue weighted by Crippen LogP contribution is -2.34. The van der Waals surface area contributed by atoms with Crippen molar-refractivity contribution in [2.45, 2.75) is 51.6 Å². The van der Waals surface area contributed by atoms with Gasteiger partial charge in [0.05, 0.1) is 0 Å². The molecule has 0 saturated carbocycles. The van der Waals surface area contributed by atoms with Crippen molar-refractivity contribution >= 4 is 5.91 Å². The second kappa shape index (κ2) is 6.75. The number of aromatic nitrogens is 1. The number of carbonyl (C=O) groups excluding carboxylic acids is 1. The predicted octanol–water partition coefficient (Wildman–Crippen LogP) is 2.30. The molecule has 1 aliphatic heterocycles. The number of carbonyl (C=O) groups is 1. The van der Waals surface area contributed by atoms with Gasteiger partial charge in [0.1, 0.15) is 6.54 Å². The lowest BCUT2D eigenvalue weighted by Gasteiger charge is -2.20. The molecule has 2 rings (SSSR count). The van der Waals surface area contributed by atoms with Crippen LogP contribution >= 0.6 is 0 Å². The van der Waals surface area contributed by atoms with Crippen LogP contribution in [0.5, 0.6) is 0 Å². The van der Waals surface area contributed by atoms with Crippen molar-refractivity contribution in [3.63, 3.8) is 0 Å². The van der Waals surface area contributed by atoms with Crippen molar-refractivity contribution in [2.24, 2.45) is 5.73 Å². The molecule has 19 heavy (non-hydrogen) atoms. The third-order valence-corrected chi connectivity index (χ3v) is 3.92. The summed E-state index contributed by atoms with van der Waals surface area (Å²) in [5, 5.41) is 0. The molecule has 0 spiro atoms. The fraction of sp³-hybridized carbons (Fsp3) is 0.667. The molecule has 1 aromatic heterocycles. The number of likely N-dealkylation sites (tertiary alicyclic amines) is 1. The molecule has 2 heterocycles. The van der Waals surface area contributed by atoms with Gasteiger partial charge in [-0.2, -0.15) is 0 Å². The van der Waals surface area contributed by atoms with E-state index in [9.17, 15) is 4.79 Å². The van der Waals surface area contributed by atoms with E-state index in [1.165, 1.54) is 12.8 Å². The van der Waals surface area contributed by atoms with Gasteiger partial charge in [-0.25, -0.2) is 0 Å².